The summed E-state index contributed by atoms with van der Waals surface area (Å²) in [5, 5.41) is 42.2. The molecule has 1 saturated heterocycles. The van der Waals surface area contributed by atoms with Crippen LogP contribution in [0.4, 0.5) is 0 Å². The predicted molar refractivity (Wildman–Crippen MR) is 129 cm³/mol. The second-order valence-corrected chi connectivity index (χ2v) is 9.00. The van der Waals surface area contributed by atoms with E-state index in [0.717, 1.165) is 10.8 Å². The smallest absolute Gasteiger partial charge is 0.303 e. The molecule has 9 heteroatoms. The summed E-state index contributed by atoms with van der Waals surface area (Å²) < 4.78 is 5.65. The third-order valence-electron chi connectivity index (χ3n) is 6.31. The molecule has 35 heavy (non-hydrogen) atoms. The lowest BCUT2D eigenvalue weighted by molar-refractivity contribution is -0.219. The average molecular weight is 490 g/mol. The van der Waals surface area contributed by atoms with Gasteiger partial charge < -0.3 is 25.2 Å². The second kappa shape index (κ2) is 12.9. The number of carboxylic acid groups (broad SMARTS) is 1. The fourth-order valence-electron chi connectivity index (χ4n) is 4.23. The molecule has 2 aromatic carbocycles. The number of hydrogen-bond donors (Lipinski definition) is 4. The summed E-state index contributed by atoms with van der Waals surface area (Å²) in [6.07, 6.45) is -2.23. The van der Waals surface area contributed by atoms with E-state index in [9.17, 15) is 24.9 Å². The Kier molecular flexibility index (Phi) is 10.00. The number of fused-ring (bicyclic) bond motifs is 1. The monoisotopic (exact) mass is 489 g/mol. The van der Waals surface area contributed by atoms with Crippen molar-refractivity contribution in [2.75, 3.05) is 13.2 Å². The van der Waals surface area contributed by atoms with Gasteiger partial charge in [-0.05, 0) is 55.5 Å². The molecule has 192 valence electrons. The first-order valence-electron chi connectivity index (χ1n) is 12.1. The molecule has 0 radical (unpaired) electrons. The fraction of sp³-hybridized carbons (Fsp3) is 0.538. The number of amides is 1. The molecule has 0 spiro atoms. The van der Waals surface area contributed by atoms with E-state index in [-0.39, 0.29) is 25.5 Å². The molecule has 2 aromatic rings. The fourth-order valence-corrected chi connectivity index (χ4v) is 4.23. The van der Waals surface area contributed by atoms with Crippen molar-refractivity contribution in [3.05, 3.63) is 48.0 Å². The van der Waals surface area contributed by atoms with Crippen LogP contribution < -0.4 is 0 Å². The first-order valence-corrected chi connectivity index (χ1v) is 12.1. The van der Waals surface area contributed by atoms with Crippen molar-refractivity contribution >= 4 is 22.6 Å². The highest BCUT2D eigenvalue weighted by atomic mass is 16.7. The Morgan fingerprint density at radius 2 is 1.69 bits per heavy atom. The number of aliphatic carboxylic acids is 1. The molecule has 1 fully saturated rings. The lowest BCUT2D eigenvalue weighted by Gasteiger charge is -2.39. The number of carbonyl (C=O) groups is 2. The number of rotatable bonds is 12. The Balaban J connectivity index is 1.61. The van der Waals surface area contributed by atoms with Crippen molar-refractivity contribution in [2.24, 2.45) is 0 Å². The van der Waals surface area contributed by atoms with Crippen LogP contribution in [-0.4, -0.2) is 81.0 Å². The molecule has 0 saturated carbocycles. The van der Waals surface area contributed by atoms with Crippen molar-refractivity contribution in [1.29, 1.82) is 0 Å². The molecule has 0 bridgehead atoms. The van der Waals surface area contributed by atoms with Gasteiger partial charge in [0.1, 0.15) is 18.3 Å². The Bertz CT molecular complexity index is 983. The van der Waals surface area contributed by atoms with E-state index >= 15 is 0 Å². The standard InChI is InChI=1S/C26H35NO8/c1-17-23(30)25(32)24(31)21(35-17)10-7-14-27(34-15-6-2-3-11-22(28)29)26(33)20-13-12-18-8-4-5-9-19(18)16-20/h4-5,8-9,12-13,16-17,21,23-25,30-32H,2-3,6-7,10-11,14-15H2,1H3,(H,28,29)/t17-,21-,23+,24+,25+/m0/s1. The first-order chi connectivity index (χ1) is 16.8. The average Bonchev–Trinajstić information content (AvgIpc) is 2.85. The zero-order chi connectivity index (χ0) is 25.4. The summed E-state index contributed by atoms with van der Waals surface area (Å²) in [5.74, 6) is -1.13. The topological polar surface area (TPSA) is 137 Å². The zero-order valence-corrected chi connectivity index (χ0v) is 20.0. The molecule has 1 aliphatic rings. The summed E-state index contributed by atoms with van der Waals surface area (Å²) in [6.45, 7) is 2.14. The highest BCUT2D eigenvalue weighted by molar-refractivity contribution is 5.98. The maximum absolute atomic E-state index is 13.3. The minimum Gasteiger partial charge on any atom is -0.481 e. The highest BCUT2D eigenvalue weighted by Crippen LogP contribution is 2.24. The van der Waals surface area contributed by atoms with E-state index < -0.39 is 36.5 Å². The van der Waals surface area contributed by atoms with Gasteiger partial charge in [-0.2, -0.15) is 0 Å². The minimum atomic E-state index is -1.29. The van der Waals surface area contributed by atoms with E-state index in [4.69, 9.17) is 14.7 Å². The number of unbranched alkanes of at least 4 members (excludes halogenated alkanes) is 2. The van der Waals surface area contributed by atoms with Crippen LogP contribution >= 0.6 is 0 Å². The SMILES string of the molecule is C[C@@H]1O[C@@H](CCCN(OCCCCCC(=O)O)C(=O)c2ccc3ccccc3c2)[C@@H](O)[C@H](O)[C@@H]1O. The Morgan fingerprint density at radius 1 is 0.943 bits per heavy atom. The molecule has 0 aromatic heterocycles. The molecule has 1 aliphatic heterocycles. The molecule has 1 heterocycles. The van der Waals surface area contributed by atoms with Crippen LogP contribution in [0.1, 0.15) is 55.8 Å². The molecule has 3 rings (SSSR count). The number of carbonyl (C=O) groups excluding carboxylic acids is 1. The van der Waals surface area contributed by atoms with E-state index in [2.05, 4.69) is 0 Å². The van der Waals surface area contributed by atoms with Gasteiger partial charge in [0.25, 0.3) is 5.91 Å². The Morgan fingerprint density at radius 3 is 2.43 bits per heavy atom. The number of hydrogen-bond acceptors (Lipinski definition) is 7. The third kappa shape index (κ3) is 7.46. The quantitative estimate of drug-likeness (QED) is 0.264. The van der Waals surface area contributed by atoms with Crippen molar-refractivity contribution < 1.29 is 39.6 Å². The third-order valence-corrected chi connectivity index (χ3v) is 6.31. The molecular formula is C26H35NO8. The molecule has 0 unspecified atom stereocenters. The van der Waals surface area contributed by atoms with Crippen LogP contribution in [-0.2, 0) is 14.4 Å². The normalized spacial score (nSPS) is 24.4. The lowest BCUT2D eigenvalue weighted by atomic mass is 9.93. The molecule has 1 amide bonds. The summed E-state index contributed by atoms with van der Waals surface area (Å²) in [6, 6.07) is 13.2. The van der Waals surface area contributed by atoms with Crippen LogP contribution in [0.5, 0.6) is 0 Å². The molecule has 9 nitrogen and oxygen atoms in total. The molecule has 5 atom stereocenters. The van der Waals surface area contributed by atoms with E-state index in [1.807, 2.05) is 36.4 Å². The minimum absolute atomic E-state index is 0.0996. The number of benzene rings is 2. The van der Waals surface area contributed by atoms with Gasteiger partial charge in [0.2, 0.25) is 0 Å². The number of ether oxygens (including phenoxy) is 1. The van der Waals surface area contributed by atoms with E-state index in [0.29, 0.717) is 37.7 Å². The number of hydroxylamine groups is 2. The van der Waals surface area contributed by atoms with Crippen molar-refractivity contribution in [3.63, 3.8) is 0 Å². The summed E-state index contributed by atoms with van der Waals surface area (Å²) in [4.78, 5) is 29.7. The van der Waals surface area contributed by atoms with Gasteiger partial charge in [0.15, 0.2) is 0 Å². The zero-order valence-electron chi connectivity index (χ0n) is 20.0. The second-order valence-electron chi connectivity index (χ2n) is 9.00. The number of carboxylic acids is 1. The van der Waals surface area contributed by atoms with Crippen LogP contribution in [0.3, 0.4) is 0 Å². The maximum atomic E-state index is 13.3. The number of aliphatic hydroxyl groups excluding tert-OH is 3. The van der Waals surface area contributed by atoms with Gasteiger partial charge in [-0.15, -0.1) is 0 Å². The number of nitrogens with zero attached hydrogens (tertiary/aromatic N) is 1. The molecular weight excluding hydrogens is 454 g/mol. The van der Waals surface area contributed by atoms with E-state index in [1.165, 1.54) is 5.06 Å². The largest absolute Gasteiger partial charge is 0.481 e. The highest BCUT2D eigenvalue weighted by Gasteiger charge is 2.41. The van der Waals surface area contributed by atoms with Crippen LogP contribution in [0, 0.1) is 0 Å². The predicted octanol–water partition coefficient (Wildman–Crippen LogP) is 2.51. The maximum Gasteiger partial charge on any atom is 0.303 e. The number of aliphatic hydroxyl groups is 3. The van der Waals surface area contributed by atoms with Crippen LogP contribution in [0.2, 0.25) is 0 Å². The first kappa shape index (κ1) is 27.0. The molecule has 0 aliphatic carbocycles. The van der Waals surface area contributed by atoms with Gasteiger partial charge in [-0.25, -0.2) is 5.06 Å². The van der Waals surface area contributed by atoms with Gasteiger partial charge in [0.05, 0.1) is 18.8 Å². The van der Waals surface area contributed by atoms with Crippen molar-refractivity contribution in [2.45, 2.75) is 76.0 Å². The Hall–Kier alpha value is -2.56. The van der Waals surface area contributed by atoms with E-state index in [1.54, 1.807) is 13.0 Å². The van der Waals surface area contributed by atoms with Gasteiger partial charge in [0, 0.05) is 18.5 Å². The Labute approximate surface area is 204 Å². The van der Waals surface area contributed by atoms with Crippen molar-refractivity contribution in [3.8, 4) is 0 Å². The van der Waals surface area contributed by atoms with Crippen LogP contribution in [0.15, 0.2) is 42.5 Å². The van der Waals surface area contributed by atoms with Gasteiger partial charge in [-0.1, -0.05) is 36.8 Å². The summed E-state index contributed by atoms with van der Waals surface area (Å²) in [5.41, 5.74) is 0.482. The molecule has 4 N–H and O–H groups in total. The summed E-state index contributed by atoms with van der Waals surface area (Å²) in [7, 11) is 0. The lowest BCUT2D eigenvalue weighted by Crippen LogP contribution is -2.56. The van der Waals surface area contributed by atoms with Crippen molar-refractivity contribution in [1.82, 2.24) is 5.06 Å². The van der Waals surface area contributed by atoms with Crippen LogP contribution in [0.25, 0.3) is 10.8 Å². The van der Waals surface area contributed by atoms with Gasteiger partial charge in [-0.3, -0.25) is 14.4 Å². The summed E-state index contributed by atoms with van der Waals surface area (Å²) >= 11 is 0. The van der Waals surface area contributed by atoms with Gasteiger partial charge >= 0.3 is 5.97 Å².